The van der Waals surface area contributed by atoms with Crippen LogP contribution in [0, 0.1) is 0 Å². The molecule has 0 radical (unpaired) electrons. The van der Waals surface area contributed by atoms with E-state index in [1.807, 2.05) is 0 Å². The molecular formula is C64H125NO10. The summed E-state index contributed by atoms with van der Waals surface area (Å²) in [7, 11) is 0. The van der Waals surface area contributed by atoms with Crippen LogP contribution in [0.3, 0.4) is 0 Å². The maximum atomic E-state index is 13.2. The number of nitrogens with one attached hydrogen (secondary N) is 1. The molecule has 0 bridgehead atoms. The Kier molecular flexibility index (Phi) is 51.3. The van der Waals surface area contributed by atoms with Gasteiger partial charge in [-0.25, -0.2) is 0 Å². The lowest BCUT2D eigenvalue weighted by atomic mass is 9.98. The van der Waals surface area contributed by atoms with E-state index in [9.17, 15) is 40.5 Å². The largest absolute Gasteiger partial charge is 0.394 e. The molecule has 1 fully saturated rings. The van der Waals surface area contributed by atoms with Crippen LogP contribution < -0.4 is 5.32 Å². The molecule has 0 saturated carbocycles. The van der Waals surface area contributed by atoms with Gasteiger partial charge in [0.05, 0.1) is 25.4 Å². The third-order valence-electron chi connectivity index (χ3n) is 16.1. The highest BCUT2D eigenvalue weighted by Gasteiger charge is 2.44. The number of carbonyl (C=O) groups is 1. The Labute approximate surface area is 462 Å². The predicted molar refractivity (Wildman–Crippen MR) is 312 cm³/mol. The number of ether oxygens (including phenoxy) is 2. The highest BCUT2D eigenvalue weighted by atomic mass is 16.7. The van der Waals surface area contributed by atoms with Crippen molar-refractivity contribution in [2.24, 2.45) is 0 Å². The van der Waals surface area contributed by atoms with Crippen molar-refractivity contribution in [2.75, 3.05) is 13.2 Å². The highest BCUT2D eigenvalue weighted by molar-refractivity contribution is 5.80. The minimum absolute atomic E-state index is 0.260. The second kappa shape index (κ2) is 53.5. The fraction of sp³-hybridized carbons (Fsp3) is 0.953. The van der Waals surface area contributed by atoms with E-state index in [4.69, 9.17) is 9.47 Å². The number of aliphatic hydroxyl groups is 7. The van der Waals surface area contributed by atoms with Crippen LogP contribution in [0.5, 0.6) is 0 Å². The van der Waals surface area contributed by atoms with E-state index in [0.29, 0.717) is 12.8 Å². The number of allylic oxidation sites excluding steroid dienone is 2. The van der Waals surface area contributed by atoms with Crippen molar-refractivity contribution in [2.45, 2.75) is 377 Å². The van der Waals surface area contributed by atoms with Gasteiger partial charge in [-0.3, -0.25) is 4.79 Å². The zero-order valence-electron chi connectivity index (χ0n) is 49.1. The third-order valence-corrected chi connectivity index (χ3v) is 16.1. The number of hydrogen-bond acceptors (Lipinski definition) is 10. The molecule has 1 aliphatic rings. The molecule has 11 heteroatoms. The van der Waals surface area contributed by atoms with Gasteiger partial charge in [-0.15, -0.1) is 0 Å². The number of rotatable bonds is 57. The van der Waals surface area contributed by atoms with Crippen molar-refractivity contribution < 1.29 is 50.0 Å². The summed E-state index contributed by atoms with van der Waals surface area (Å²) in [6, 6.07) is -1.18. The van der Waals surface area contributed by atoms with Gasteiger partial charge in [0.25, 0.3) is 0 Å². The Morgan fingerprint density at radius 2 is 0.787 bits per heavy atom. The summed E-state index contributed by atoms with van der Waals surface area (Å²) in [6.07, 6.45) is 52.8. The SMILES string of the molecule is CCCCCCCCCCCCCCCCCCCCCCC/C=C/CCCC(O)C(O)C(COC1OC(CO)C(O)C(O)C1O)NC(=O)C(O)CCCCCCCCCCCCCCCCCCCCCCCC. The van der Waals surface area contributed by atoms with Gasteiger partial charge in [-0.05, 0) is 38.5 Å². The van der Waals surface area contributed by atoms with Crippen molar-refractivity contribution in [1.29, 1.82) is 0 Å². The number of carbonyl (C=O) groups excluding carboxylic acids is 1. The topological polar surface area (TPSA) is 189 Å². The minimum Gasteiger partial charge on any atom is -0.394 e. The van der Waals surface area contributed by atoms with E-state index >= 15 is 0 Å². The lowest BCUT2D eigenvalue weighted by Crippen LogP contribution is -2.60. The zero-order chi connectivity index (χ0) is 54.7. The molecule has 1 rings (SSSR count). The van der Waals surface area contributed by atoms with Crippen LogP contribution in [0.25, 0.3) is 0 Å². The zero-order valence-corrected chi connectivity index (χ0v) is 49.1. The van der Waals surface area contributed by atoms with Crippen molar-refractivity contribution in [1.82, 2.24) is 5.32 Å². The van der Waals surface area contributed by atoms with Gasteiger partial charge in [-0.1, -0.05) is 296 Å². The molecule has 8 N–H and O–H groups in total. The van der Waals surface area contributed by atoms with Gasteiger partial charge in [-0.2, -0.15) is 0 Å². The average Bonchev–Trinajstić information content (AvgIpc) is 3.41. The van der Waals surface area contributed by atoms with Gasteiger partial charge in [0.15, 0.2) is 6.29 Å². The van der Waals surface area contributed by atoms with Gasteiger partial charge in [0.1, 0.15) is 36.6 Å². The number of amides is 1. The lowest BCUT2D eigenvalue weighted by molar-refractivity contribution is -0.303. The fourth-order valence-corrected chi connectivity index (χ4v) is 10.8. The van der Waals surface area contributed by atoms with Crippen molar-refractivity contribution in [3.05, 3.63) is 12.2 Å². The molecule has 0 aromatic heterocycles. The van der Waals surface area contributed by atoms with Crippen molar-refractivity contribution in [3.63, 3.8) is 0 Å². The van der Waals surface area contributed by atoms with Crippen LogP contribution in [0.2, 0.25) is 0 Å². The molecule has 75 heavy (non-hydrogen) atoms. The molecule has 0 aliphatic carbocycles. The van der Waals surface area contributed by atoms with E-state index < -0.39 is 74.2 Å². The molecule has 446 valence electrons. The van der Waals surface area contributed by atoms with Crippen LogP contribution >= 0.6 is 0 Å². The van der Waals surface area contributed by atoms with Gasteiger partial charge in [0.2, 0.25) is 5.91 Å². The normalized spacial score (nSPS) is 19.7. The summed E-state index contributed by atoms with van der Waals surface area (Å²) in [5, 5.41) is 76.3. The van der Waals surface area contributed by atoms with Gasteiger partial charge >= 0.3 is 0 Å². The monoisotopic (exact) mass is 1070 g/mol. The van der Waals surface area contributed by atoms with E-state index in [2.05, 4.69) is 31.3 Å². The average molecular weight is 1070 g/mol. The Hall–Kier alpha value is -1.15. The Bertz CT molecular complexity index is 1220. The highest BCUT2D eigenvalue weighted by Crippen LogP contribution is 2.24. The molecule has 1 heterocycles. The van der Waals surface area contributed by atoms with Gasteiger partial charge in [0, 0.05) is 0 Å². The molecule has 0 aromatic rings. The quantitative estimate of drug-likeness (QED) is 0.0215. The first kappa shape index (κ1) is 71.9. The minimum atomic E-state index is -1.67. The van der Waals surface area contributed by atoms with E-state index in [0.717, 1.165) is 38.5 Å². The predicted octanol–water partition coefficient (Wildman–Crippen LogP) is 14.7. The molecule has 0 spiro atoms. The molecule has 1 amide bonds. The second-order valence-corrected chi connectivity index (χ2v) is 23.2. The third kappa shape index (κ3) is 41.5. The summed E-state index contributed by atoms with van der Waals surface area (Å²) >= 11 is 0. The van der Waals surface area contributed by atoms with E-state index in [-0.39, 0.29) is 12.8 Å². The number of aliphatic hydroxyl groups excluding tert-OH is 7. The standard InChI is InChI=1S/C64H125NO10/c1-3-5-7-9-11-13-15-17-19-21-23-25-27-28-29-30-32-33-35-37-39-41-43-45-47-49-51-56(67)59(69)55(54-74-64-62(72)61(71)60(70)58(53-66)75-64)65-63(73)57(68)52-50-48-46-44-42-40-38-36-34-31-26-24-22-20-18-16-14-12-10-8-6-4-2/h43,45,55-62,64,66-72H,3-42,44,46-54H2,1-2H3,(H,65,73)/b45-43+. The summed E-state index contributed by atoms with van der Waals surface area (Å²) in [4.78, 5) is 13.2. The van der Waals surface area contributed by atoms with Crippen LogP contribution in [0.1, 0.15) is 322 Å². The molecular weight excluding hydrogens is 943 g/mol. The molecule has 1 saturated heterocycles. The maximum absolute atomic E-state index is 13.2. The number of hydrogen-bond donors (Lipinski definition) is 8. The lowest BCUT2D eigenvalue weighted by Gasteiger charge is -2.40. The van der Waals surface area contributed by atoms with Crippen molar-refractivity contribution in [3.8, 4) is 0 Å². The molecule has 1 aliphatic heterocycles. The number of unbranched alkanes of at least 4 members (excludes halogenated alkanes) is 43. The van der Waals surface area contributed by atoms with Crippen LogP contribution in [0.4, 0.5) is 0 Å². The second-order valence-electron chi connectivity index (χ2n) is 23.2. The van der Waals surface area contributed by atoms with E-state index in [1.54, 1.807) is 0 Å². The van der Waals surface area contributed by atoms with Crippen LogP contribution in [-0.4, -0.2) is 110 Å². The summed E-state index contributed by atoms with van der Waals surface area (Å²) in [5.74, 6) is -0.699. The Balaban J connectivity index is 2.25. The van der Waals surface area contributed by atoms with Crippen LogP contribution in [0.15, 0.2) is 12.2 Å². The van der Waals surface area contributed by atoms with Crippen molar-refractivity contribution >= 4 is 5.91 Å². The Morgan fingerprint density at radius 3 is 1.15 bits per heavy atom. The first-order valence-corrected chi connectivity index (χ1v) is 32.6. The summed E-state index contributed by atoms with van der Waals surface area (Å²) in [6.45, 7) is 3.50. The van der Waals surface area contributed by atoms with E-state index in [1.165, 1.54) is 244 Å². The fourth-order valence-electron chi connectivity index (χ4n) is 10.8. The maximum Gasteiger partial charge on any atom is 0.249 e. The first-order valence-electron chi connectivity index (χ1n) is 32.6. The smallest absolute Gasteiger partial charge is 0.249 e. The van der Waals surface area contributed by atoms with Crippen LogP contribution in [-0.2, 0) is 14.3 Å². The molecule has 9 atom stereocenters. The Morgan fingerprint density at radius 1 is 0.453 bits per heavy atom. The molecule has 11 nitrogen and oxygen atoms in total. The molecule has 0 aromatic carbocycles. The molecule has 9 unspecified atom stereocenters. The summed E-state index contributed by atoms with van der Waals surface area (Å²) < 4.78 is 11.2. The van der Waals surface area contributed by atoms with Gasteiger partial charge < -0.3 is 50.5 Å². The summed E-state index contributed by atoms with van der Waals surface area (Å²) in [5.41, 5.74) is 0. The first-order chi connectivity index (χ1) is 36.7.